The predicted octanol–water partition coefficient (Wildman–Crippen LogP) is 1.53. The highest BCUT2D eigenvalue weighted by Gasteiger charge is 2.19. The lowest BCUT2D eigenvalue weighted by molar-refractivity contribution is 0.0968. The average molecular weight is 328 g/mol. The molecule has 3 aromatic rings. The maximum atomic E-state index is 12.2. The molecule has 9 nitrogen and oxygen atoms in total. The number of nitrogens with two attached hydrogens (primary N) is 1. The third kappa shape index (κ3) is 2.96. The number of hydrogen-bond donors (Lipinski definition) is 2. The summed E-state index contributed by atoms with van der Waals surface area (Å²) in [5, 5.41) is 6.84. The van der Waals surface area contributed by atoms with E-state index in [0.717, 1.165) is 0 Å². The molecule has 2 aromatic heterocycles. The number of primary amides is 1. The van der Waals surface area contributed by atoms with Crippen LogP contribution >= 0.6 is 0 Å². The molecule has 24 heavy (non-hydrogen) atoms. The minimum atomic E-state index is -0.756. The van der Waals surface area contributed by atoms with Crippen molar-refractivity contribution in [3.8, 4) is 0 Å². The number of oxazole rings is 1. The monoisotopic (exact) mass is 328 g/mol. The van der Waals surface area contributed by atoms with E-state index in [1.165, 1.54) is 6.33 Å². The molecule has 2 heterocycles. The molecule has 2 amide bonds. The van der Waals surface area contributed by atoms with E-state index in [1.54, 1.807) is 22.9 Å². The summed E-state index contributed by atoms with van der Waals surface area (Å²) in [6.45, 7) is 5.87. The highest BCUT2D eigenvalue weighted by atomic mass is 16.4. The van der Waals surface area contributed by atoms with Gasteiger partial charge in [-0.1, -0.05) is 0 Å². The van der Waals surface area contributed by atoms with E-state index in [4.69, 9.17) is 10.2 Å². The first-order valence-electron chi connectivity index (χ1n) is 7.18. The van der Waals surface area contributed by atoms with Gasteiger partial charge in [-0.15, -0.1) is 5.10 Å². The van der Waals surface area contributed by atoms with Crippen LogP contribution in [0.1, 0.15) is 42.1 Å². The second-order valence-electron chi connectivity index (χ2n) is 6.20. The van der Waals surface area contributed by atoms with Crippen LogP contribution < -0.4 is 11.1 Å². The summed E-state index contributed by atoms with van der Waals surface area (Å²) in [6, 6.07) is 4.78. The Hall–Kier alpha value is -3.23. The minimum absolute atomic E-state index is 0.0583. The Morgan fingerprint density at radius 2 is 2.04 bits per heavy atom. The van der Waals surface area contributed by atoms with Crippen molar-refractivity contribution in [3.63, 3.8) is 0 Å². The molecule has 3 N–H and O–H groups in total. The maximum Gasteiger partial charge on any atom is 0.304 e. The van der Waals surface area contributed by atoms with Crippen molar-refractivity contribution in [2.75, 3.05) is 5.32 Å². The Morgan fingerprint density at radius 3 is 2.67 bits per heavy atom. The third-order valence-electron chi connectivity index (χ3n) is 3.24. The van der Waals surface area contributed by atoms with Crippen LogP contribution in [0.3, 0.4) is 0 Å². The molecule has 0 saturated carbocycles. The molecule has 0 spiro atoms. The number of carbonyl (C=O) groups is 2. The molecule has 0 radical (unpaired) electrons. The van der Waals surface area contributed by atoms with Crippen LogP contribution in [-0.4, -0.2) is 31.6 Å². The van der Waals surface area contributed by atoms with E-state index >= 15 is 0 Å². The van der Waals surface area contributed by atoms with Crippen molar-refractivity contribution in [1.82, 2.24) is 19.7 Å². The van der Waals surface area contributed by atoms with E-state index in [1.807, 2.05) is 20.8 Å². The van der Waals surface area contributed by atoms with E-state index in [0.29, 0.717) is 16.8 Å². The quantitative estimate of drug-likeness (QED) is 0.750. The molecular formula is C15H16N6O3. The molecule has 124 valence electrons. The normalized spacial score (nSPS) is 11.6. The number of nitrogens with zero attached hydrogens (tertiary/aromatic N) is 4. The van der Waals surface area contributed by atoms with Gasteiger partial charge in [-0.05, 0) is 39.0 Å². The van der Waals surface area contributed by atoms with Crippen LogP contribution in [0.5, 0.6) is 0 Å². The van der Waals surface area contributed by atoms with Crippen LogP contribution in [0.4, 0.5) is 5.69 Å². The lowest BCUT2D eigenvalue weighted by atomic mass is 10.1. The maximum absolute atomic E-state index is 12.2. The Balaban J connectivity index is 1.82. The molecule has 9 heteroatoms. The van der Waals surface area contributed by atoms with Gasteiger partial charge < -0.3 is 15.5 Å². The minimum Gasteiger partial charge on any atom is -0.432 e. The summed E-state index contributed by atoms with van der Waals surface area (Å²) in [5.74, 6) is -1.33. The van der Waals surface area contributed by atoms with Gasteiger partial charge in [0, 0.05) is 5.69 Å². The zero-order chi connectivity index (χ0) is 17.5. The van der Waals surface area contributed by atoms with E-state index in [9.17, 15) is 9.59 Å². The summed E-state index contributed by atoms with van der Waals surface area (Å²) >= 11 is 0. The van der Waals surface area contributed by atoms with E-state index in [-0.39, 0.29) is 17.3 Å². The van der Waals surface area contributed by atoms with Gasteiger partial charge in [0.05, 0.1) is 5.54 Å². The fourth-order valence-corrected chi connectivity index (χ4v) is 1.99. The molecular weight excluding hydrogens is 312 g/mol. The first-order chi connectivity index (χ1) is 11.2. The Morgan fingerprint density at radius 1 is 1.29 bits per heavy atom. The van der Waals surface area contributed by atoms with Crippen LogP contribution in [0.15, 0.2) is 28.9 Å². The van der Waals surface area contributed by atoms with Crippen LogP contribution in [-0.2, 0) is 5.54 Å². The molecule has 0 saturated heterocycles. The van der Waals surface area contributed by atoms with Gasteiger partial charge >= 0.3 is 5.91 Å². The molecule has 1 aromatic carbocycles. The molecule has 0 unspecified atom stereocenters. The van der Waals surface area contributed by atoms with Crippen molar-refractivity contribution in [2.24, 2.45) is 5.73 Å². The van der Waals surface area contributed by atoms with Gasteiger partial charge in [0.2, 0.25) is 5.82 Å². The second kappa shape index (κ2) is 5.44. The summed E-state index contributed by atoms with van der Waals surface area (Å²) in [6.07, 6.45) is 1.51. The third-order valence-corrected chi connectivity index (χ3v) is 3.24. The van der Waals surface area contributed by atoms with Gasteiger partial charge in [0.25, 0.3) is 11.8 Å². The van der Waals surface area contributed by atoms with Crippen molar-refractivity contribution in [3.05, 3.63) is 36.2 Å². The zero-order valence-electron chi connectivity index (χ0n) is 13.4. The molecule has 0 bridgehead atoms. The molecule has 0 aliphatic carbocycles. The Bertz CT molecular complexity index is 934. The highest BCUT2D eigenvalue weighted by Crippen LogP contribution is 2.20. The first kappa shape index (κ1) is 15.7. The summed E-state index contributed by atoms with van der Waals surface area (Å²) in [7, 11) is 0. The number of anilines is 1. The van der Waals surface area contributed by atoms with Crippen molar-refractivity contribution < 1.29 is 14.0 Å². The topological polar surface area (TPSA) is 129 Å². The summed E-state index contributed by atoms with van der Waals surface area (Å²) in [4.78, 5) is 31.3. The van der Waals surface area contributed by atoms with Gasteiger partial charge in [-0.2, -0.15) is 0 Å². The number of nitrogens with one attached hydrogen (secondary N) is 1. The highest BCUT2D eigenvalue weighted by molar-refractivity contribution is 6.02. The molecule has 0 aliphatic heterocycles. The number of benzene rings is 1. The number of hydrogen-bond acceptors (Lipinski definition) is 6. The Kier molecular flexibility index (Phi) is 3.55. The van der Waals surface area contributed by atoms with Crippen LogP contribution in [0, 0.1) is 0 Å². The molecule has 0 aliphatic rings. The standard InChI is InChI=1S/C15H16N6O3/c1-15(2,3)21-7-17-12(20-21)13(23)18-8-4-5-10-9(6-8)19-14(24-10)11(16)22/h4-7H,1-3H3,(H2,16,22)(H,18,23). The SMILES string of the molecule is CC(C)(C)n1cnc(C(=O)Nc2ccc3oc(C(N)=O)nc3c2)n1. The number of aromatic nitrogens is 4. The lowest BCUT2D eigenvalue weighted by Crippen LogP contribution is -2.23. The molecule has 3 rings (SSSR count). The number of fused-ring (bicyclic) bond motifs is 1. The van der Waals surface area contributed by atoms with E-state index in [2.05, 4.69) is 20.4 Å². The second-order valence-corrected chi connectivity index (χ2v) is 6.20. The number of rotatable bonds is 3. The van der Waals surface area contributed by atoms with Crippen molar-refractivity contribution >= 4 is 28.6 Å². The molecule has 0 fully saturated rings. The first-order valence-corrected chi connectivity index (χ1v) is 7.18. The summed E-state index contributed by atoms with van der Waals surface area (Å²) in [5.41, 5.74) is 6.15. The average Bonchev–Trinajstić information content (AvgIpc) is 3.13. The van der Waals surface area contributed by atoms with Gasteiger partial charge in [0.1, 0.15) is 11.8 Å². The van der Waals surface area contributed by atoms with Gasteiger partial charge in [-0.25, -0.2) is 14.6 Å². The van der Waals surface area contributed by atoms with Crippen molar-refractivity contribution in [1.29, 1.82) is 0 Å². The lowest BCUT2D eigenvalue weighted by Gasteiger charge is -2.17. The summed E-state index contributed by atoms with van der Waals surface area (Å²) < 4.78 is 6.80. The fourth-order valence-electron chi connectivity index (χ4n) is 1.99. The predicted molar refractivity (Wildman–Crippen MR) is 85.5 cm³/mol. The van der Waals surface area contributed by atoms with Crippen molar-refractivity contribution in [2.45, 2.75) is 26.3 Å². The van der Waals surface area contributed by atoms with Crippen LogP contribution in [0.25, 0.3) is 11.1 Å². The Labute approximate surface area is 136 Å². The fraction of sp³-hybridized carbons (Fsp3) is 0.267. The smallest absolute Gasteiger partial charge is 0.304 e. The number of carbonyl (C=O) groups excluding carboxylic acids is 2. The number of amides is 2. The molecule has 0 atom stereocenters. The largest absolute Gasteiger partial charge is 0.432 e. The van der Waals surface area contributed by atoms with Gasteiger partial charge in [-0.3, -0.25) is 9.59 Å². The van der Waals surface area contributed by atoms with E-state index < -0.39 is 11.8 Å². The van der Waals surface area contributed by atoms with Gasteiger partial charge in [0.15, 0.2) is 5.58 Å². The van der Waals surface area contributed by atoms with Crippen LogP contribution in [0.2, 0.25) is 0 Å². The zero-order valence-corrected chi connectivity index (χ0v) is 13.4.